The second kappa shape index (κ2) is 7.24. The molecule has 0 aromatic carbocycles. The number of pyridine rings is 1. The van der Waals surface area contributed by atoms with Crippen LogP contribution in [0.5, 0.6) is 0 Å². The molecule has 0 atom stereocenters. The Hall–Kier alpha value is -3.75. The van der Waals surface area contributed by atoms with Crippen LogP contribution in [0.4, 0.5) is 0 Å². The van der Waals surface area contributed by atoms with Crippen molar-refractivity contribution in [2.75, 3.05) is 0 Å². The van der Waals surface area contributed by atoms with E-state index < -0.39 is 0 Å². The maximum Gasteiger partial charge on any atom is 0.271 e. The van der Waals surface area contributed by atoms with Crippen LogP contribution in [0.3, 0.4) is 0 Å². The van der Waals surface area contributed by atoms with Gasteiger partial charge in [0.2, 0.25) is 0 Å². The zero-order valence-electron chi connectivity index (χ0n) is 14.5. The highest BCUT2D eigenvalue weighted by atomic mass is 16.5. The molecule has 0 bridgehead atoms. The largest absolute Gasteiger partial charge is 0.467 e. The third kappa shape index (κ3) is 3.47. The zero-order chi connectivity index (χ0) is 18.6. The van der Waals surface area contributed by atoms with Gasteiger partial charge >= 0.3 is 0 Å². The highest BCUT2D eigenvalue weighted by Crippen LogP contribution is 2.23. The number of amides is 1. The van der Waals surface area contributed by atoms with Gasteiger partial charge in [-0.1, -0.05) is 12.1 Å². The summed E-state index contributed by atoms with van der Waals surface area (Å²) in [5.74, 6) is 1.88. The number of rotatable bonds is 6. The molecule has 0 aliphatic carbocycles. The first-order chi connectivity index (χ1) is 13.2. The first-order valence-electron chi connectivity index (χ1n) is 8.37. The smallest absolute Gasteiger partial charge is 0.271 e. The normalized spacial score (nSPS) is 10.9. The second-order valence-electron chi connectivity index (χ2n) is 5.67. The molecule has 0 aliphatic rings. The molecule has 136 valence electrons. The molecule has 0 aliphatic heterocycles. The van der Waals surface area contributed by atoms with Crippen molar-refractivity contribution < 1.29 is 13.7 Å². The summed E-state index contributed by atoms with van der Waals surface area (Å²) in [4.78, 5) is 25.2. The van der Waals surface area contributed by atoms with Crippen LogP contribution in [0.2, 0.25) is 0 Å². The maximum absolute atomic E-state index is 12.3. The summed E-state index contributed by atoms with van der Waals surface area (Å²) < 4.78 is 12.2. The summed E-state index contributed by atoms with van der Waals surface area (Å²) in [6.45, 7) is 2.23. The van der Waals surface area contributed by atoms with E-state index in [0.29, 0.717) is 35.3 Å². The lowest BCUT2D eigenvalue weighted by Gasteiger charge is -2.05. The summed E-state index contributed by atoms with van der Waals surface area (Å²) in [6, 6.07) is 7.16. The van der Waals surface area contributed by atoms with E-state index in [2.05, 4.69) is 25.4 Å². The van der Waals surface area contributed by atoms with Crippen LogP contribution < -0.4 is 5.32 Å². The van der Waals surface area contributed by atoms with Gasteiger partial charge in [-0.25, -0.2) is 9.97 Å². The number of furan rings is 1. The van der Waals surface area contributed by atoms with Gasteiger partial charge in [-0.3, -0.25) is 9.36 Å². The van der Waals surface area contributed by atoms with Crippen molar-refractivity contribution in [2.45, 2.75) is 19.9 Å². The minimum atomic E-state index is -0.311. The van der Waals surface area contributed by atoms with Crippen LogP contribution in [-0.2, 0) is 13.0 Å². The van der Waals surface area contributed by atoms with Gasteiger partial charge in [-0.2, -0.15) is 4.98 Å². The highest BCUT2D eigenvalue weighted by Gasteiger charge is 2.17. The van der Waals surface area contributed by atoms with E-state index >= 15 is 0 Å². The van der Waals surface area contributed by atoms with Gasteiger partial charge < -0.3 is 14.3 Å². The predicted octanol–water partition coefficient (Wildman–Crippen LogP) is 2.40. The number of hydrogen-bond acceptors (Lipinski definition) is 7. The maximum atomic E-state index is 12.3. The van der Waals surface area contributed by atoms with Gasteiger partial charge in [-0.05, 0) is 24.3 Å². The lowest BCUT2D eigenvalue weighted by molar-refractivity contribution is 0.0943. The molecular formula is C18H16N6O3. The minimum absolute atomic E-state index is 0.262. The number of aromatic nitrogens is 5. The lowest BCUT2D eigenvalue weighted by atomic mass is 10.2. The van der Waals surface area contributed by atoms with E-state index in [4.69, 9.17) is 8.94 Å². The van der Waals surface area contributed by atoms with E-state index in [1.54, 1.807) is 41.4 Å². The molecule has 0 unspecified atom stereocenters. The van der Waals surface area contributed by atoms with Crippen molar-refractivity contribution in [1.29, 1.82) is 0 Å². The number of carbonyl (C=O) groups excluding carboxylic acids is 1. The van der Waals surface area contributed by atoms with Crippen molar-refractivity contribution in [1.82, 2.24) is 30.0 Å². The molecule has 0 saturated carbocycles. The molecule has 0 saturated heterocycles. The Morgan fingerprint density at radius 1 is 1.26 bits per heavy atom. The monoisotopic (exact) mass is 364 g/mol. The van der Waals surface area contributed by atoms with Gasteiger partial charge in [-0.15, -0.1) is 0 Å². The topological polar surface area (TPSA) is 112 Å². The summed E-state index contributed by atoms with van der Waals surface area (Å²) in [5.41, 5.74) is 0.919. The third-order valence-electron chi connectivity index (χ3n) is 3.86. The zero-order valence-corrected chi connectivity index (χ0v) is 14.5. The second-order valence-corrected chi connectivity index (χ2v) is 5.67. The summed E-state index contributed by atoms with van der Waals surface area (Å²) in [6.07, 6.45) is 6.99. The van der Waals surface area contributed by atoms with Gasteiger partial charge in [0, 0.05) is 18.8 Å². The Kier molecular flexibility index (Phi) is 4.48. The van der Waals surface area contributed by atoms with E-state index in [-0.39, 0.29) is 18.1 Å². The lowest BCUT2D eigenvalue weighted by Crippen LogP contribution is -2.22. The standard InChI is InChI=1S/C18H16N6O3/c1-2-15-22-18(27-23-15)13-6-3-7-19-16(13)24-10-14(21-11-24)17(25)20-9-12-5-4-8-26-12/h3-8,10-11H,2,9H2,1H3,(H,20,25). The van der Waals surface area contributed by atoms with Crippen LogP contribution >= 0.6 is 0 Å². The Balaban J connectivity index is 1.57. The molecular weight excluding hydrogens is 348 g/mol. The molecule has 9 nitrogen and oxygen atoms in total. The Morgan fingerprint density at radius 3 is 2.96 bits per heavy atom. The molecule has 1 N–H and O–H groups in total. The van der Waals surface area contributed by atoms with E-state index in [0.717, 1.165) is 0 Å². The SMILES string of the molecule is CCc1noc(-c2cccnc2-n2cnc(C(=O)NCc3ccco3)c2)n1. The van der Waals surface area contributed by atoms with E-state index in [1.165, 1.54) is 6.33 Å². The quantitative estimate of drug-likeness (QED) is 0.559. The number of hydrogen-bond donors (Lipinski definition) is 1. The number of imidazole rings is 1. The Labute approximate surface area is 154 Å². The predicted molar refractivity (Wildman–Crippen MR) is 93.9 cm³/mol. The van der Waals surface area contributed by atoms with E-state index in [1.807, 2.05) is 13.0 Å². The van der Waals surface area contributed by atoms with Crippen molar-refractivity contribution in [2.24, 2.45) is 0 Å². The van der Waals surface area contributed by atoms with Gasteiger partial charge in [0.1, 0.15) is 17.8 Å². The molecule has 0 fully saturated rings. The van der Waals surface area contributed by atoms with Gasteiger partial charge in [0.25, 0.3) is 11.8 Å². The van der Waals surface area contributed by atoms with Gasteiger partial charge in [0.05, 0.1) is 18.4 Å². The number of aryl methyl sites for hydroxylation is 1. The van der Waals surface area contributed by atoms with Crippen molar-refractivity contribution in [3.8, 4) is 17.3 Å². The van der Waals surface area contributed by atoms with Crippen LogP contribution in [-0.4, -0.2) is 30.6 Å². The Morgan fingerprint density at radius 2 is 2.19 bits per heavy atom. The first kappa shape index (κ1) is 16.7. The summed E-state index contributed by atoms with van der Waals surface area (Å²) in [5, 5.41) is 6.67. The van der Waals surface area contributed by atoms with Crippen molar-refractivity contribution in [3.05, 3.63) is 66.5 Å². The molecule has 4 aromatic heterocycles. The summed E-state index contributed by atoms with van der Waals surface area (Å²) in [7, 11) is 0. The van der Waals surface area contributed by atoms with Crippen LogP contribution in [0.25, 0.3) is 17.3 Å². The molecule has 4 heterocycles. The molecule has 27 heavy (non-hydrogen) atoms. The van der Waals surface area contributed by atoms with Crippen LogP contribution in [0.1, 0.15) is 29.0 Å². The summed E-state index contributed by atoms with van der Waals surface area (Å²) >= 11 is 0. The average Bonchev–Trinajstić information content (AvgIpc) is 3.47. The molecule has 4 aromatic rings. The molecule has 4 rings (SSSR count). The molecule has 0 radical (unpaired) electrons. The number of carbonyl (C=O) groups is 1. The van der Waals surface area contributed by atoms with Crippen LogP contribution in [0, 0.1) is 0 Å². The van der Waals surface area contributed by atoms with Crippen molar-refractivity contribution in [3.63, 3.8) is 0 Å². The minimum Gasteiger partial charge on any atom is -0.467 e. The molecule has 1 amide bonds. The number of nitrogens with zero attached hydrogens (tertiary/aromatic N) is 5. The third-order valence-corrected chi connectivity index (χ3v) is 3.86. The first-order valence-corrected chi connectivity index (χ1v) is 8.37. The fourth-order valence-electron chi connectivity index (χ4n) is 2.50. The number of nitrogens with one attached hydrogen (secondary N) is 1. The van der Waals surface area contributed by atoms with Crippen molar-refractivity contribution >= 4 is 5.91 Å². The van der Waals surface area contributed by atoms with Crippen LogP contribution in [0.15, 0.2) is 58.2 Å². The molecule has 9 heteroatoms. The fraction of sp³-hybridized carbons (Fsp3) is 0.167. The van der Waals surface area contributed by atoms with E-state index in [9.17, 15) is 4.79 Å². The highest BCUT2D eigenvalue weighted by molar-refractivity contribution is 5.92. The Bertz CT molecular complexity index is 1050. The fourth-order valence-corrected chi connectivity index (χ4v) is 2.50. The van der Waals surface area contributed by atoms with Gasteiger partial charge in [0.15, 0.2) is 11.6 Å². The average molecular weight is 364 g/mol. The molecule has 0 spiro atoms.